The van der Waals surface area contributed by atoms with Crippen molar-refractivity contribution in [1.82, 2.24) is 10.6 Å². The normalized spacial score (nSPS) is 20.9. The van der Waals surface area contributed by atoms with Gasteiger partial charge in [0, 0.05) is 13.7 Å². The van der Waals surface area contributed by atoms with Crippen LogP contribution in [-0.4, -0.2) is 38.3 Å². The van der Waals surface area contributed by atoms with Crippen LogP contribution in [0.25, 0.3) is 0 Å². The number of carbonyl (C=O) groups excluding carboxylic acids is 1. The number of carbonyl (C=O) groups is 1. The van der Waals surface area contributed by atoms with Crippen LogP contribution in [-0.2, 0) is 16.0 Å². The quantitative estimate of drug-likeness (QED) is 0.843. The lowest BCUT2D eigenvalue weighted by Gasteiger charge is -2.29. The molecule has 0 radical (unpaired) electrons. The predicted molar refractivity (Wildman–Crippen MR) is 87.0 cm³/mol. The van der Waals surface area contributed by atoms with Crippen molar-refractivity contribution in [2.75, 3.05) is 26.8 Å². The Morgan fingerprint density at radius 1 is 1.38 bits per heavy atom. The Morgan fingerprint density at radius 3 is 2.67 bits per heavy atom. The summed E-state index contributed by atoms with van der Waals surface area (Å²) in [6, 6.07) is 8.09. The maximum Gasteiger partial charge on any atom is 0.224 e. The van der Waals surface area contributed by atoms with Crippen LogP contribution in [0, 0.1) is 6.92 Å². The van der Waals surface area contributed by atoms with Gasteiger partial charge in [-0.05, 0) is 31.9 Å². The molecule has 21 heavy (non-hydrogen) atoms. The first-order valence-electron chi connectivity index (χ1n) is 7.20. The first-order valence-corrected chi connectivity index (χ1v) is 7.20. The molecule has 1 fully saturated rings. The molecule has 0 bridgehead atoms. The van der Waals surface area contributed by atoms with Gasteiger partial charge in [-0.3, -0.25) is 4.79 Å². The molecule has 2 rings (SSSR count). The molecule has 4 nitrogen and oxygen atoms in total. The van der Waals surface area contributed by atoms with Crippen LogP contribution in [0.3, 0.4) is 0 Å². The number of nitrogens with one attached hydrogen (secondary N) is 2. The van der Waals surface area contributed by atoms with Gasteiger partial charge in [-0.2, -0.15) is 0 Å². The maximum absolute atomic E-state index is 12.0. The fraction of sp³-hybridized carbons (Fsp3) is 0.562. The topological polar surface area (TPSA) is 50.4 Å². The third-order valence-electron chi connectivity index (χ3n) is 3.86. The molecule has 1 aliphatic heterocycles. The average Bonchev–Trinajstić information content (AvgIpc) is 2.89. The SMILES string of the molecule is COCC1(CNC(=O)Cc2ccc(C)cc2)CCCN1.Cl. The van der Waals surface area contributed by atoms with Gasteiger partial charge in [-0.1, -0.05) is 29.8 Å². The van der Waals surface area contributed by atoms with Crippen LogP contribution in [0.15, 0.2) is 24.3 Å². The zero-order valence-electron chi connectivity index (χ0n) is 12.8. The van der Waals surface area contributed by atoms with E-state index in [-0.39, 0.29) is 23.9 Å². The highest BCUT2D eigenvalue weighted by molar-refractivity contribution is 5.85. The molecule has 1 heterocycles. The lowest BCUT2D eigenvalue weighted by atomic mass is 9.98. The summed E-state index contributed by atoms with van der Waals surface area (Å²) in [5, 5.41) is 6.49. The summed E-state index contributed by atoms with van der Waals surface area (Å²) >= 11 is 0. The van der Waals surface area contributed by atoms with E-state index in [4.69, 9.17) is 4.74 Å². The van der Waals surface area contributed by atoms with Crippen molar-refractivity contribution < 1.29 is 9.53 Å². The molecule has 1 unspecified atom stereocenters. The fourth-order valence-electron chi connectivity index (χ4n) is 2.69. The third kappa shape index (κ3) is 5.30. The molecule has 0 aromatic heterocycles. The van der Waals surface area contributed by atoms with Gasteiger partial charge in [0.1, 0.15) is 0 Å². The van der Waals surface area contributed by atoms with E-state index in [1.165, 1.54) is 5.56 Å². The van der Waals surface area contributed by atoms with Gasteiger partial charge in [0.25, 0.3) is 0 Å². The van der Waals surface area contributed by atoms with Crippen LogP contribution in [0.4, 0.5) is 0 Å². The number of hydrogen-bond donors (Lipinski definition) is 2. The van der Waals surface area contributed by atoms with Crippen molar-refractivity contribution in [2.24, 2.45) is 0 Å². The number of halogens is 1. The molecule has 0 aliphatic carbocycles. The number of methoxy groups -OCH3 is 1. The van der Waals surface area contributed by atoms with Crippen molar-refractivity contribution in [2.45, 2.75) is 31.7 Å². The Balaban J connectivity index is 0.00000220. The van der Waals surface area contributed by atoms with Gasteiger partial charge in [0.15, 0.2) is 0 Å². The molecule has 1 aromatic carbocycles. The number of benzene rings is 1. The van der Waals surface area contributed by atoms with Crippen molar-refractivity contribution >= 4 is 18.3 Å². The Hall–Kier alpha value is -1.10. The van der Waals surface area contributed by atoms with E-state index in [1.54, 1.807) is 7.11 Å². The van der Waals surface area contributed by atoms with E-state index in [9.17, 15) is 4.79 Å². The number of rotatable bonds is 6. The van der Waals surface area contributed by atoms with E-state index < -0.39 is 0 Å². The van der Waals surface area contributed by atoms with Crippen LogP contribution in [0.1, 0.15) is 24.0 Å². The highest BCUT2D eigenvalue weighted by Crippen LogP contribution is 2.18. The highest BCUT2D eigenvalue weighted by atomic mass is 35.5. The zero-order valence-corrected chi connectivity index (χ0v) is 13.6. The second-order valence-electron chi connectivity index (χ2n) is 5.68. The monoisotopic (exact) mass is 312 g/mol. The van der Waals surface area contributed by atoms with Crippen molar-refractivity contribution in [1.29, 1.82) is 0 Å². The lowest BCUT2D eigenvalue weighted by Crippen LogP contribution is -2.53. The molecule has 5 heteroatoms. The molecule has 1 amide bonds. The standard InChI is InChI=1S/C16H24N2O2.ClH/c1-13-4-6-14(7-5-13)10-15(19)17-11-16(12-20-2)8-3-9-18-16;/h4-7,18H,3,8-12H2,1-2H3,(H,17,19);1H. The van der Waals surface area contributed by atoms with Gasteiger partial charge < -0.3 is 15.4 Å². The fourth-order valence-corrected chi connectivity index (χ4v) is 2.69. The van der Waals surface area contributed by atoms with Crippen molar-refractivity contribution in [3.05, 3.63) is 35.4 Å². The van der Waals surface area contributed by atoms with Gasteiger partial charge in [0.05, 0.1) is 18.6 Å². The Bertz CT molecular complexity index is 442. The summed E-state index contributed by atoms with van der Waals surface area (Å²) in [6.45, 7) is 4.31. The van der Waals surface area contributed by atoms with E-state index in [2.05, 4.69) is 10.6 Å². The minimum absolute atomic E-state index is 0. The number of ether oxygens (including phenoxy) is 1. The minimum atomic E-state index is -0.0856. The Kier molecular flexibility index (Phi) is 7.15. The third-order valence-corrected chi connectivity index (χ3v) is 3.86. The van der Waals surface area contributed by atoms with Crippen LogP contribution in [0.5, 0.6) is 0 Å². The summed E-state index contributed by atoms with van der Waals surface area (Å²) in [6.07, 6.45) is 2.62. The van der Waals surface area contributed by atoms with Crippen molar-refractivity contribution in [3.63, 3.8) is 0 Å². The highest BCUT2D eigenvalue weighted by Gasteiger charge is 2.33. The van der Waals surface area contributed by atoms with Gasteiger partial charge in [-0.25, -0.2) is 0 Å². The molecular formula is C16H25ClN2O2. The summed E-state index contributed by atoms with van der Waals surface area (Å²) in [4.78, 5) is 12.0. The van der Waals surface area contributed by atoms with Crippen molar-refractivity contribution in [3.8, 4) is 0 Å². The molecule has 1 saturated heterocycles. The molecule has 0 saturated carbocycles. The average molecular weight is 313 g/mol. The molecule has 1 aliphatic rings. The number of amides is 1. The summed E-state index contributed by atoms with van der Waals surface area (Å²) in [5.74, 6) is 0.0676. The summed E-state index contributed by atoms with van der Waals surface area (Å²) < 4.78 is 5.28. The number of aryl methyl sites for hydroxylation is 1. The molecule has 1 atom stereocenters. The Labute approximate surface area is 133 Å². The second-order valence-corrected chi connectivity index (χ2v) is 5.68. The smallest absolute Gasteiger partial charge is 0.224 e. The largest absolute Gasteiger partial charge is 0.383 e. The predicted octanol–water partition coefficient (Wildman–Crippen LogP) is 1.84. The molecule has 1 aromatic rings. The first kappa shape index (κ1) is 18.0. The summed E-state index contributed by atoms with van der Waals surface area (Å²) in [5.41, 5.74) is 2.18. The number of hydrogen-bond acceptors (Lipinski definition) is 3. The minimum Gasteiger partial charge on any atom is -0.383 e. The summed E-state index contributed by atoms with van der Waals surface area (Å²) in [7, 11) is 1.70. The second kappa shape index (κ2) is 8.37. The van der Waals surface area contributed by atoms with Crippen LogP contribution < -0.4 is 10.6 Å². The molecule has 118 valence electrons. The van der Waals surface area contributed by atoms with E-state index >= 15 is 0 Å². The molecular weight excluding hydrogens is 288 g/mol. The van der Waals surface area contributed by atoms with Gasteiger partial charge in [0.2, 0.25) is 5.91 Å². The van der Waals surface area contributed by atoms with Gasteiger partial charge in [-0.15, -0.1) is 12.4 Å². The maximum atomic E-state index is 12.0. The van der Waals surface area contributed by atoms with E-state index in [0.717, 1.165) is 24.9 Å². The van der Waals surface area contributed by atoms with Gasteiger partial charge >= 0.3 is 0 Å². The van der Waals surface area contributed by atoms with Crippen LogP contribution in [0.2, 0.25) is 0 Å². The molecule has 2 N–H and O–H groups in total. The molecule has 0 spiro atoms. The Morgan fingerprint density at radius 2 is 2.10 bits per heavy atom. The lowest BCUT2D eigenvalue weighted by molar-refractivity contribution is -0.120. The van der Waals surface area contributed by atoms with E-state index in [1.807, 2.05) is 31.2 Å². The van der Waals surface area contributed by atoms with E-state index in [0.29, 0.717) is 19.6 Å². The zero-order chi connectivity index (χ0) is 14.4. The van der Waals surface area contributed by atoms with Crippen LogP contribution >= 0.6 is 12.4 Å². The first-order chi connectivity index (χ1) is 9.63.